The third-order valence-electron chi connectivity index (χ3n) is 4.89. The normalized spacial score (nSPS) is 23.0. The number of nitrogens with two attached hydrogens (primary N) is 1. The molecule has 3 N–H and O–H groups in total. The van der Waals surface area contributed by atoms with Crippen molar-refractivity contribution >= 4 is 22.4 Å². The largest absolute Gasteiger partial charge is 0.327 e. The van der Waals surface area contributed by atoms with E-state index >= 15 is 0 Å². The molecule has 0 radical (unpaired) electrons. The Morgan fingerprint density at radius 3 is 3.04 bits per heavy atom. The minimum atomic E-state index is -0.0527. The number of nitrogens with one attached hydrogen (secondary N) is 1. The highest BCUT2D eigenvalue weighted by Gasteiger charge is 2.27. The molecule has 1 amide bonds. The Morgan fingerprint density at radius 2 is 2.13 bits per heavy atom. The van der Waals surface area contributed by atoms with Gasteiger partial charge in [-0.1, -0.05) is 24.3 Å². The maximum absolute atomic E-state index is 12.7. The first-order valence-corrected chi connectivity index (χ1v) is 9.15. The third kappa shape index (κ3) is 2.91. The summed E-state index contributed by atoms with van der Waals surface area (Å²) >= 11 is 1.59. The summed E-state index contributed by atoms with van der Waals surface area (Å²) in [5, 5.41) is 3.79. The number of rotatable bonds is 2. The molecule has 5 heteroatoms. The van der Waals surface area contributed by atoms with Gasteiger partial charge in [-0.15, -0.1) is 11.3 Å². The molecule has 0 aliphatic heterocycles. The van der Waals surface area contributed by atoms with Gasteiger partial charge >= 0.3 is 0 Å². The van der Waals surface area contributed by atoms with E-state index < -0.39 is 0 Å². The van der Waals surface area contributed by atoms with Gasteiger partial charge in [-0.25, -0.2) is 4.98 Å². The highest BCUT2D eigenvalue weighted by Crippen LogP contribution is 2.34. The number of nitrogens with zero attached hydrogens (tertiary/aromatic N) is 1. The molecular formula is C18H21N3OS. The van der Waals surface area contributed by atoms with E-state index in [1.165, 1.54) is 16.0 Å². The topological polar surface area (TPSA) is 68.0 Å². The number of hydrogen-bond acceptors (Lipinski definition) is 4. The second kappa shape index (κ2) is 6.06. The van der Waals surface area contributed by atoms with Crippen molar-refractivity contribution in [3.8, 4) is 0 Å². The van der Waals surface area contributed by atoms with Crippen LogP contribution in [0.4, 0.5) is 5.13 Å². The van der Waals surface area contributed by atoms with Gasteiger partial charge in [-0.3, -0.25) is 4.79 Å². The number of thiazole rings is 1. The molecule has 23 heavy (non-hydrogen) atoms. The van der Waals surface area contributed by atoms with E-state index in [0.29, 0.717) is 0 Å². The molecule has 2 aromatic rings. The molecule has 0 saturated carbocycles. The molecule has 4 nitrogen and oxygen atoms in total. The molecule has 1 unspecified atom stereocenters. The first-order chi connectivity index (χ1) is 11.2. The van der Waals surface area contributed by atoms with E-state index in [4.69, 9.17) is 5.73 Å². The van der Waals surface area contributed by atoms with Gasteiger partial charge in [0.25, 0.3) is 0 Å². The number of carbonyl (C=O) groups excluding carboxylic acids is 1. The van der Waals surface area contributed by atoms with E-state index in [-0.39, 0.29) is 17.9 Å². The van der Waals surface area contributed by atoms with Crippen LogP contribution in [0.1, 0.15) is 46.9 Å². The molecule has 2 atom stereocenters. The van der Waals surface area contributed by atoms with Crippen molar-refractivity contribution in [3.63, 3.8) is 0 Å². The minimum absolute atomic E-state index is 0.0527. The number of amides is 1. The molecular weight excluding hydrogens is 306 g/mol. The summed E-state index contributed by atoms with van der Waals surface area (Å²) in [4.78, 5) is 18.6. The molecule has 1 aromatic carbocycles. The lowest BCUT2D eigenvalue weighted by Gasteiger charge is -2.24. The molecule has 120 valence electrons. The Labute approximate surface area is 140 Å². The lowest BCUT2D eigenvalue weighted by molar-refractivity contribution is -0.117. The molecule has 2 aliphatic rings. The van der Waals surface area contributed by atoms with Gasteiger partial charge in [0.2, 0.25) is 5.91 Å². The quantitative estimate of drug-likeness (QED) is 0.891. The molecule has 0 saturated heterocycles. The summed E-state index contributed by atoms with van der Waals surface area (Å²) in [6.07, 6.45) is 5.85. The van der Waals surface area contributed by atoms with Gasteiger partial charge in [0.1, 0.15) is 0 Å². The van der Waals surface area contributed by atoms with Crippen LogP contribution in [0.5, 0.6) is 0 Å². The SMILES string of the molecule is N[C@H]1CCc2nc(NC(=O)C3CCCc4ccccc43)sc2C1. The number of fused-ring (bicyclic) bond motifs is 2. The van der Waals surface area contributed by atoms with Crippen molar-refractivity contribution in [1.82, 2.24) is 4.98 Å². The second-order valence-electron chi connectivity index (χ2n) is 6.52. The molecule has 0 spiro atoms. The second-order valence-corrected chi connectivity index (χ2v) is 7.61. The Balaban J connectivity index is 1.53. The summed E-state index contributed by atoms with van der Waals surface area (Å²) < 4.78 is 0. The highest BCUT2D eigenvalue weighted by atomic mass is 32.1. The zero-order chi connectivity index (χ0) is 15.8. The summed E-state index contributed by atoms with van der Waals surface area (Å²) in [5.74, 6) is 0.0238. The Hall–Kier alpha value is -1.72. The van der Waals surface area contributed by atoms with Gasteiger partial charge in [0, 0.05) is 10.9 Å². The van der Waals surface area contributed by atoms with Gasteiger partial charge in [0.05, 0.1) is 11.6 Å². The van der Waals surface area contributed by atoms with E-state index in [1.54, 1.807) is 11.3 Å². The Morgan fingerprint density at radius 1 is 1.26 bits per heavy atom. The summed E-state index contributed by atoms with van der Waals surface area (Å²) in [6.45, 7) is 0. The average Bonchev–Trinajstić information content (AvgIpc) is 2.95. The Bertz CT molecular complexity index is 740. The lowest BCUT2D eigenvalue weighted by Crippen LogP contribution is -2.27. The minimum Gasteiger partial charge on any atom is -0.327 e. The van der Waals surface area contributed by atoms with E-state index in [1.807, 2.05) is 6.07 Å². The number of aromatic nitrogens is 1. The first-order valence-electron chi connectivity index (χ1n) is 8.33. The van der Waals surface area contributed by atoms with E-state index in [9.17, 15) is 4.79 Å². The number of benzene rings is 1. The van der Waals surface area contributed by atoms with Gasteiger partial charge in [-0.2, -0.15) is 0 Å². The number of anilines is 1. The van der Waals surface area contributed by atoms with Gasteiger partial charge in [0.15, 0.2) is 5.13 Å². The van der Waals surface area contributed by atoms with Crippen molar-refractivity contribution in [2.24, 2.45) is 5.73 Å². The molecule has 0 fully saturated rings. The van der Waals surface area contributed by atoms with Crippen molar-refractivity contribution in [2.75, 3.05) is 5.32 Å². The third-order valence-corrected chi connectivity index (χ3v) is 5.93. The predicted octanol–water partition coefficient (Wildman–Crippen LogP) is 3.02. The fourth-order valence-electron chi connectivity index (χ4n) is 3.67. The van der Waals surface area contributed by atoms with E-state index in [2.05, 4.69) is 28.5 Å². The molecule has 1 heterocycles. The summed E-state index contributed by atoms with van der Waals surface area (Å²) in [6, 6.07) is 8.53. The maximum atomic E-state index is 12.7. The maximum Gasteiger partial charge on any atom is 0.233 e. The average molecular weight is 327 g/mol. The van der Waals surface area contributed by atoms with Crippen molar-refractivity contribution in [3.05, 3.63) is 46.0 Å². The van der Waals surface area contributed by atoms with Crippen LogP contribution < -0.4 is 11.1 Å². The van der Waals surface area contributed by atoms with Gasteiger partial charge in [-0.05, 0) is 49.7 Å². The fourth-order valence-corrected chi connectivity index (χ4v) is 4.78. The van der Waals surface area contributed by atoms with Crippen LogP contribution in [0.3, 0.4) is 0 Å². The van der Waals surface area contributed by atoms with Crippen LogP contribution in [-0.2, 0) is 24.1 Å². The molecule has 4 rings (SSSR count). The van der Waals surface area contributed by atoms with Crippen LogP contribution in [-0.4, -0.2) is 16.9 Å². The monoisotopic (exact) mass is 327 g/mol. The molecule has 1 aromatic heterocycles. The standard InChI is InChI=1S/C18H21N3OS/c19-12-8-9-15-16(10-12)23-18(20-15)21-17(22)14-7-3-5-11-4-1-2-6-13(11)14/h1-2,4,6,12,14H,3,5,7-10,19H2,(H,20,21,22)/t12-,14?/m0/s1. The lowest BCUT2D eigenvalue weighted by atomic mass is 9.82. The van der Waals surface area contributed by atoms with Crippen LogP contribution in [0.2, 0.25) is 0 Å². The smallest absolute Gasteiger partial charge is 0.233 e. The van der Waals surface area contributed by atoms with Crippen LogP contribution >= 0.6 is 11.3 Å². The van der Waals surface area contributed by atoms with Crippen molar-refractivity contribution < 1.29 is 4.79 Å². The van der Waals surface area contributed by atoms with Gasteiger partial charge < -0.3 is 11.1 Å². The van der Waals surface area contributed by atoms with E-state index in [0.717, 1.165) is 49.4 Å². The summed E-state index contributed by atoms with van der Waals surface area (Å²) in [7, 11) is 0. The zero-order valence-corrected chi connectivity index (χ0v) is 13.9. The first kappa shape index (κ1) is 14.8. The zero-order valence-electron chi connectivity index (χ0n) is 13.0. The summed E-state index contributed by atoms with van der Waals surface area (Å²) in [5.41, 5.74) is 9.63. The number of hydrogen-bond donors (Lipinski definition) is 2. The molecule has 2 aliphatic carbocycles. The number of carbonyl (C=O) groups is 1. The van der Waals surface area contributed by atoms with Crippen LogP contribution in [0.25, 0.3) is 0 Å². The van der Waals surface area contributed by atoms with Crippen LogP contribution in [0.15, 0.2) is 24.3 Å². The highest BCUT2D eigenvalue weighted by molar-refractivity contribution is 7.15. The van der Waals surface area contributed by atoms with Crippen molar-refractivity contribution in [2.45, 2.75) is 50.5 Å². The fraction of sp³-hybridized carbons (Fsp3) is 0.444. The van der Waals surface area contributed by atoms with Crippen LogP contribution in [0, 0.1) is 0 Å². The molecule has 0 bridgehead atoms. The van der Waals surface area contributed by atoms with Crippen molar-refractivity contribution in [1.29, 1.82) is 0 Å². The Kier molecular flexibility index (Phi) is 3.91. The number of aryl methyl sites for hydroxylation is 2. The predicted molar refractivity (Wildman–Crippen MR) is 92.9 cm³/mol.